The van der Waals surface area contributed by atoms with Gasteiger partial charge in [-0.05, 0) is 83.9 Å². The summed E-state index contributed by atoms with van der Waals surface area (Å²) in [4.78, 5) is 0. The first-order valence-electron chi connectivity index (χ1n) is 19.9. The standard InChI is InChI=1S/C54H33N3O/c1-4-14-36(15-5-1)55-47-22-12-10-20-39(47)42-27-28-43-40-26-24-35(33-49(40)57(52(43)51(42)55)38-18-8-3-9-19-38)34-25-31-48-46(32-34)44-29-30-45-41-21-11-13-23-50(41)58-54(45)53(44)56(48)37-16-6-2-7-17-37/h1-33H. The Morgan fingerprint density at radius 2 is 0.724 bits per heavy atom. The van der Waals surface area contributed by atoms with Gasteiger partial charge in [0, 0.05) is 60.2 Å². The number of aromatic nitrogens is 3. The Hall–Kier alpha value is -7.82. The van der Waals surface area contributed by atoms with Gasteiger partial charge in [-0.1, -0.05) is 127 Å². The molecule has 0 aliphatic heterocycles. The molecule has 0 amide bonds. The molecular weight excluding hydrogens is 707 g/mol. The number of nitrogens with zero attached hydrogens (tertiary/aromatic N) is 3. The summed E-state index contributed by atoms with van der Waals surface area (Å²) in [7, 11) is 0. The van der Waals surface area contributed by atoms with Crippen LogP contribution in [0.1, 0.15) is 0 Å². The quantitative estimate of drug-likeness (QED) is 0.177. The maximum Gasteiger partial charge on any atom is 0.160 e. The lowest BCUT2D eigenvalue weighted by Crippen LogP contribution is -1.98. The number of fused-ring (bicyclic) bond motifs is 14. The van der Waals surface area contributed by atoms with Crippen molar-refractivity contribution >= 4 is 87.4 Å². The van der Waals surface area contributed by atoms with E-state index in [0.29, 0.717) is 0 Å². The van der Waals surface area contributed by atoms with Gasteiger partial charge in [0.1, 0.15) is 5.58 Å². The number of furan rings is 1. The average molecular weight is 740 g/mol. The summed E-state index contributed by atoms with van der Waals surface area (Å²) in [6, 6.07) is 72.4. The van der Waals surface area contributed by atoms with E-state index in [1.807, 2.05) is 6.07 Å². The minimum Gasteiger partial charge on any atom is -0.454 e. The van der Waals surface area contributed by atoms with Crippen LogP contribution in [0.2, 0.25) is 0 Å². The summed E-state index contributed by atoms with van der Waals surface area (Å²) < 4.78 is 14.0. The Labute approximate surface area is 332 Å². The van der Waals surface area contributed by atoms with Crippen LogP contribution < -0.4 is 0 Å². The van der Waals surface area contributed by atoms with Gasteiger partial charge in [-0.3, -0.25) is 0 Å². The molecule has 4 nitrogen and oxygen atoms in total. The molecule has 0 saturated heterocycles. The van der Waals surface area contributed by atoms with Crippen molar-refractivity contribution in [1.29, 1.82) is 0 Å². The summed E-state index contributed by atoms with van der Waals surface area (Å²) in [5.74, 6) is 0. The smallest absolute Gasteiger partial charge is 0.160 e. The molecular formula is C54H33N3O. The lowest BCUT2D eigenvalue weighted by molar-refractivity contribution is 0.671. The monoisotopic (exact) mass is 739 g/mol. The van der Waals surface area contributed by atoms with E-state index in [2.05, 4.69) is 208 Å². The van der Waals surface area contributed by atoms with Crippen molar-refractivity contribution in [2.24, 2.45) is 0 Å². The summed E-state index contributed by atoms with van der Waals surface area (Å²) in [6.45, 7) is 0. The van der Waals surface area contributed by atoms with Crippen LogP contribution in [-0.4, -0.2) is 13.7 Å². The largest absolute Gasteiger partial charge is 0.454 e. The van der Waals surface area contributed by atoms with Crippen LogP contribution in [-0.2, 0) is 0 Å². The fourth-order valence-electron chi connectivity index (χ4n) is 9.72. The van der Waals surface area contributed by atoms with Crippen molar-refractivity contribution in [3.8, 4) is 28.2 Å². The van der Waals surface area contributed by atoms with Gasteiger partial charge in [-0.25, -0.2) is 0 Å². The van der Waals surface area contributed by atoms with Gasteiger partial charge in [0.25, 0.3) is 0 Å². The highest BCUT2D eigenvalue weighted by atomic mass is 16.3. The highest BCUT2D eigenvalue weighted by Gasteiger charge is 2.23. The predicted octanol–water partition coefficient (Wildman–Crippen LogP) is 14.5. The highest BCUT2D eigenvalue weighted by molar-refractivity contribution is 6.25. The van der Waals surface area contributed by atoms with E-state index in [1.165, 1.54) is 65.5 Å². The molecule has 0 atom stereocenters. The van der Waals surface area contributed by atoms with E-state index in [-0.39, 0.29) is 0 Å². The summed E-state index contributed by atoms with van der Waals surface area (Å²) in [6.07, 6.45) is 0. The van der Waals surface area contributed by atoms with E-state index in [0.717, 1.165) is 50.0 Å². The van der Waals surface area contributed by atoms with Gasteiger partial charge >= 0.3 is 0 Å². The SMILES string of the molecule is c1ccc(-n2c3ccc(-c4ccc5c6ccc7c8ccccc8n(-c8ccccc8)c7c6n(-c6ccccc6)c5c4)cc3c3ccc4c5ccccc5oc4c32)cc1. The van der Waals surface area contributed by atoms with Crippen molar-refractivity contribution in [3.05, 3.63) is 200 Å². The van der Waals surface area contributed by atoms with E-state index >= 15 is 0 Å². The third-order valence-corrected chi connectivity index (χ3v) is 12.2. The number of hydrogen-bond donors (Lipinski definition) is 0. The Balaban J connectivity index is 1.11. The Morgan fingerprint density at radius 1 is 0.276 bits per heavy atom. The first kappa shape index (κ1) is 31.4. The Morgan fingerprint density at radius 3 is 1.40 bits per heavy atom. The van der Waals surface area contributed by atoms with Gasteiger partial charge in [-0.2, -0.15) is 0 Å². The van der Waals surface area contributed by atoms with Crippen molar-refractivity contribution in [1.82, 2.24) is 13.7 Å². The molecule has 4 heteroatoms. The minimum absolute atomic E-state index is 0.902. The third-order valence-electron chi connectivity index (χ3n) is 12.2. The van der Waals surface area contributed by atoms with Crippen LogP contribution in [0.3, 0.4) is 0 Å². The second kappa shape index (κ2) is 11.8. The number of para-hydroxylation sites is 5. The van der Waals surface area contributed by atoms with Gasteiger partial charge in [0.2, 0.25) is 0 Å². The van der Waals surface area contributed by atoms with Crippen LogP contribution in [0.25, 0.3) is 116 Å². The number of benzene rings is 9. The zero-order valence-corrected chi connectivity index (χ0v) is 31.3. The van der Waals surface area contributed by atoms with Crippen molar-refractivity contribution in [3.63, 3.8) is 0 Å². The summed E-state index contributed by atoms with van der Waals surface area (Å²) in [5.41, 5.74) is 14.5. The molecule has 13 rings (SSSR count). The molecule has 0 saturated carbocycles. The van der Waals surface area contributed by atoms with Crippen LogP contribution in [0, 0.1) is 0 Å². The van der Waals surface area contributed by atoms with Crippen molar-refractivity contribution in [2.45, 2.75) is 0 Å². The van der Waals surface area contributed by atoms with Gasteiger partial charge in [0.15, 0.2) is 5.58 Å². The molecule has 58 heavy (non-hydrogen) atoms. The van der Waals surface area contributed by atoms with Crippen LogP contribution in [0.15, 0.2) is 205 Å². The lowest BCUT2D eigenvalue weighted by atomic mass is 10.0. The van der Waals surface area contributed by atoms with E-state index in [1.54, 1.807) is 0 Å². The van der Waals surface area contributed by atoms with E-state index in [4.69, 9.17) is 4.42 Å². The Bertz CT molecular complexity index is 3770. The minimum atomic E-state index is 0.902. The third kappa shape index (κ3) is 4.29. The lowest BCUT2D eigenvalue weighted by Gasteiger charge is -2.13. The zero-order valence-electron chi connectivity index (χ0n) is 31.3. The first-order valence-corrected chi connectivity index (χ1v) is 19.9. The second-order valence-electron chi connectivity index (χ2n) is 15.3. The fourth-order valence-corrected chi connectivity index (χ4v) is 9.72. The molecule has 0 spiro atoms. The van der Waals surface area contributed by atoms with Crippen LogP contribution in [0.4, 0.5) is 0 Å². The normalized spacial score (nSPS) is 12.1. The molecule has 4 aromatic heterocycles. The molecule has 0 N–H and O–H groups in total. The molecule has 0 unspecified atom stereocenters. The summed E-state index contributed by atoms with van der Waals surface area (Å²) in [5, 5.41) is 9.57. The average Bonchev–Trinajstić information content (AvgIpc) is 4.03. The number of rotatable bonds is 4. The van der Waals surface area contributed by atoms with Crippen LogP contribution >= 0.6 is 0 Å². The molecule has 0 bridgehead atoms. The molecule has 0 radical (unpaired) electrons. The van der Waals surface area contributed by atoms with Gasteiger partial charge in [-0.15, -0.1) is 0 Å². The summed E-state index contributed by atoms with van der Waals surface area (Å²) >= 11 is 0. The Kier molecular flexibility index (Phi) is 6.41. The highest BCUT2D eigenvalue weighted by Crippen LogP contribution is 2.44. The van der Waals surface area contributed by atoms with Crippen molar-refractivity contribution < 1.29 is 4.42 Å². The van der Waals surface area contributed by atoms with Gasteiger partial charge < -0.3 is 18.1 Å². The maximum atomic E-state index is 6.67. The molecule has 270 valence electrons. The topological polar surface area (TPSA) is 27.9 Å². The van der Waals surface area contributed by atoms with Gasteiger partial charge in [0.05, 0.1) is 33.1 Å². The molecule has 4 heterocycles. The fraction of sp³-hybridized carbons (Fsp3) is 0. The maximum absolute atomic E-state index is 6.67. The second-order valence-corrected chi connectivity index (χ2v) is 15.3. The molecule has 0 aliphatic rings. The van der Waals surface area contributed by atoms with Crippen LogP contribution in [0.5, 0.6) is 0 Å². The van der Waals surface area contributed by atoms with E-state index < -0.39 is 0 Å². The zero-order chi connectivity index (χ0) is 37.9. The van der Waals surface area contributed by atoms with Crippen molar-refractivity contribution in [2.75, 3.05) is 0 Å². The first-order chi connectivity index (χ1) is 28.8. The molecule has 9 aromatic carbocycles. The number of hydrogen-bond acceptors (Lipinski definition) is 1. The molecule has 0 aliphatic carbocycles. The molecule has 0 fully saturated rings. The molecule has 13 aromatic rings. The van der Waals surface area contributed by atoms with E-state index in [9.17, 15) is 0 Å². The predicted molar refractivity (Wildman–Crippen MR) is 242 cm³/mol.